The summed E-state index contributed by atoms with van der Waals surface area (Å²) < 4.78 is 26.4. The summed E-state index contributed by atoms with van der Waals surface area (Å²) in [6.45, 7) is 9.36. The second-order valence-electron chi connectivity index (χ2n) is 8.29. The fourth-order valence-corrected chi connectivity index (χ4v) is 4.04. The summed E-state index contributed by atoms with van der Waals surface area (Å²) in [4.78, 5) is 2.30. The van der Waals surface area contributed by atoms with Crippen LogP contribution in [0.15, 0.2) is 65.1 Å². The molecule has 0 spiro atoms. The number of rotatable bonds is 14. The molecule has 2 rings (SSSR count). The topological polar surface area (TPSA) is 15.3 Å². The summed E-state index contributed by atoms with van der Waals surface area (Å²) in [6.07, 6.45) is 8.40. The van der Waals surface area contributed by atoms with E-state index in [1.54, 1.807) is 6.07 Å². The number of nitrogens with zero attached hydrogens (tertiary/aromatic N) is 1. The summed E-state index contributed by atoms with van der Waals surface area (Å²) in [6, 6.07) is 12.4. The second-order valence-corrected chi connectivity index (χ2v) is 9.26. The number of hydrogen-bond acceptors (Lipinski definition) is 3. The Morgan fingerprint density at radius 2 is 1.69 bits per heavy atom. The number of benzene rings is 2. The number of allylic oxidation sites excluding steroid dienone is 1. The quantitative estimate of drug-likeness (QED) is 0.286. The van der Waals surface area contributed by atoms with Gasteiger partial charge >= 0.3 is 0 Å². The van der Waals surface area contributed by atoms with Crippen molar-refractivity contribution in [2.75, 3.05) is 23.8 Å². The molecule has 5 heteroatoms. The lowest BCUT2D eigenvalue weighted by molar-refractivity contribution is 0.507. The zero-order chi connectivity index (χ0) is 23.3. The normalized spacial score (nSPS) is 11.5. The van der Waals surface area contributed by atoms with Crippen LogP contribution in [-0.4, -0.2) is 13.6 Å². The minimum absolute atomic E-state index is 0.567. The predicted molar refractivity (Wildman–Crippen MR) is 137 cm³/mol. The van der Waals surface area contributed by atoms with E-state index < -0.39 is 11.6 Å². The smallest absolute Gasteiger partial charge is 0.159 e. The van der Waals surface area contributed by atoms with Crippen molar-refractivity contribution in [1.82, 2.24) is 0 Å². The molecule has 0 heterocycles. The van der Waals surface area contributed by atoms with Crippen LogP contribution in [0.4, 0.5) is 20.2 Å². The SMILES string of the molecule is C=C(Nc1ccc(N(C)CCCCCCCC)cc1)S/C=C(\C)Cc1ccc(F)c(F)c1. The molecule has 0 bridgehead atoms. The Kier molecular flexibility index (Phi) is 11.4. The maximum Gasteiger partial charge on any atom is 0.159 e. The fraction of sp³-hybridized carbons (Fsp3) is 0.407. The lowest BCUT2D eigenvalue weighted by Gasteiger charge is -2.20. The molecule has 0 aliphatic carbocycles. The van der Waals surface area contributed by atoms with E-state index in [1.165, 1.54) is 68.1 Å². The van der Waals surface area contributed by atoms with Gasteiger partial charge in [0.05, 0.1) is 5.03 Å². The molecule has 0 unspecified atom stereocenters. The molecule has 2 aromatic carbocycles. The van der Waals surface area contributed by atoms with E-state index in [-0.39, 0.29) is 0 Å². The molecule has 0 aromatic heterocycles. The van der Waals surface area contributed by atoms with Gasteiger partial charge in [-0.25, -0.2) is 8.78 Å². The van der Waals surface area contributed by atoms with Gasteiger partial charge in [0.2, 0.25) is 0 Å². The molecule has 32 heavy (non-hydrogen) atoms. The van der Waals surface area contributed by atoms with Crippen LogP contribution in [0, 0.1) is 11.6 Å². The van der Waals surface area contributed by atoms with Crippen molar-refractivity contribution < 1.29 is 8.78 Å². The molecule has 0 atom stereocenters. The van der Waals surface area contributed by atoms with Crippen LogP contribution in [-0.2, 0) is 6.42 Å². The molecule has 0 saturated heterocycles. The van der Waals surface area contributed by atoms with Crippen molar-refractivity contribution in [2.24, 2.45) is 0 Å². The lowest BCUT2D eigenvalue weighted by atomic mass is 10.1. The Morgan fingerprint density at radius 3 is 2.38 bits per heavy atom. The minimum Gasteiger partial charge on any atom is -0.375 e. The van der Waals surface area contributed by atoms with E-state index in [0.29, 0.717) is 6.42 Å². The molecule has 0 fully saturated rings. The van der Waals surface area contributed by atoms with E-state index in [0.717, 1.165) is 28.4 Å². The average molecular weight is 459 g/mol. The number of anilines is 2. The zero-order valence-corrected chi connectivity index (χ0v) is 20.4. The Bertz CT molecular complexity index is 878. The Morgan fingerprint density at radius 1 is 1.00 bits per heavy atom. The number of nitrogens with one attached hydrogen (secondary N) is 1. The summed E-state index contributed by atoms with van der Waals surface area (Å²) >= 11 is 1.49. The van der Waals surface area contributed by atoms with Gasteiger partial charge in [-0.3, -0.25) is 0 Å². The third-order valence-corrected chi connectivity index (χ3v) is 6.22. The summed E-state index contributed by atoms with van der Waals surface area (Å²) in [5.74, 6) is -1.63. The van der Waals surface area contributed by atoms with E-state index in [1.807, 2.05) is 12.3 Å². The number of halogens is 2. The van der Waals surface area contributed by atoms with Crippen LogP contribution in [0.25, 0.3) is 0 Å². The first-order valence-electron chi connectivity index (χ1n) is 11.4. The van der Waals surface area contributed by atoms with Gasteiger partial charge in [-0.1, -0.05) is 69.0 Å². The van der Waals surface area contributed by atoms with E-state index in [9.17, 15) is 8.78 Å². The maximum atomic E-state index is 13.4. The van der Waals surface area contributed by atoms with E-state index in [4.69, 9.17) is 0 Å². The molecular weight excluding hydrogens is 422 g/mol. The van der Waals surface area contributed by atoms with Gasteiger partial charge < -0.3 is 10.2 Å². The highest BCUT2D eigenvalue weighted by Gasteiger charge is 2.04. The summed E-state index contributed by atoms with van der Waals surface area (Å²) in [7, 11) is 2.14. The van der Waals surface area contributed by atoms with E-state index >= 15 is 0 Å². The molecule has 0 saturated carbocycles. The maximum absolute atomic E-state index is 13.4. The van der Waals surface area contributed by atoms with Gasteiger partial charge in [0.25, 0.3) is 0 Å². The second kappa shape index (κ2) is 14.0. The molecule has 0 radical (unpaired) electrons. The van der Waals surface area contributed by atoms with Gasteiger partial charge in [-0.05, 0) is 67.1 Å². The highest BCUT2D eigenvalue weighted by Crippen LogP contribution is 2.24. The van der Waals surface area contributed by atoms with Crippen molar-refractivity contribution in [3.05, 3.63) is 82.3 Å². The van der Waals surface area contributed by atoms with Gasteiger partial charge in [-0.15, -0.1) is 0 Å². The first kappa shape index (κ1) is 26.0. The van der Waals surface area contributed by atoms with Crippen LogP contribution in [0.5, 0.6) is 0 Å². The van der Waals surface area contributed by atoms with Gasteiger partial charge in [0.15, 0.2) is 11.6 Å². The van der Waals surface area contributed by atoms with Crippen molar-refractivity contribution in [1.29, 1.82) is 0 Å². The van der Waals surface area contributed by atoms with Crippen molar-refractivity contribution in [2.45, 2.75) is 58.8 Å². The molecule has 0 aliphatic heterocycles. The highest BCUT2D eigenvalue weighted by atomic mass is 32.2. The third kappa shape index (κ3) is 9.47. The first-order chi connectivity index (χ1) is 15.4. The molecule has 0 aliphatic rings. The van der Waals surface area contributed by atoms with Crippen LogP contribution in [0.1, 0.15) is 57.9 Å². The molecule has 0 amide bonds. The molecule has 2 nitrogen and oxygen atoms in total. The van der Waals surface area contributed by atoms with Gasteiger partial charge in [0.1, 0.15) is 0 Å². The largest absolute Gasteiger partial charge is 0.375 e. The van der Waals surface area contributed by atoms with Crippen molar-refractivity contribution in [3.8, 4) is 0 Å². The Balaban J connectivity index is 1.75. The highest BCUT2D eigenvalue weighted by molar-refractivity contribution is 8.05. The zero-order valence-electron chi connectivity index (χ0n) is 19.6. The molecule has 2 aromatic rings. The molecule has 174 valence electrons. The summed E-state index contributed by atoms with van der Waals surface area (Å²) in [5.41, 5.74) is 4.00. The van der Waals surface area contributed by atoms with Crippen molar-refractivity contribution >= 4 is 23.1 Å². The fourth-order valence-electron chi connectivity index (χ4n) is 3.43. The predicted octanol–water partition coefficient (Wildman–Crippen LogP) is 8.52. The number of unbranched alkanes of at least 4 members (excludes halogenated alkanes) is 5. The standard InChI is InChI=1S/C27H36F2N2S/c1-5-6-7-8-9-10-17-31(4)25-14-12-24(13-15-25)30-22(3)32-20-21(2)18-23-11-16-26(28)27(29)19-23/h11-16,19-20,30H,3,5-10,17-18H2,1-2,4H3/b21-20+. The lowest BCUT2D eigenvalue weighted by Crippen LogP contribution is -2.18. The Labute approximate surface area is 196 Å². The van der Waals surface area contributed by atoms with Crippen LogP contribution >= 0.6 is 11.8 Å². The number of thioether (sulfide) groups is 1. The van der Waals surface area contributed by atoms with Crippen LogP contribution < -0.4 is 10.2 Å². The van der Waals surface area contributed by atoms with E-state index in [2.05, 4.69) is 55.0 Å². The van der Waals surface area contributed by atoms with Gasteiger partial charge in [0, 0.05) is 25.0 Å². The minimum atomic E-state index is -0.818. The number of hydrogen-bond donors (Lipinski definition) is 1. The van der Waals surface area contributed by atoms with Crippen LogP contribution in [0.3, 0.4) is 0 Å². The average Bonchev–Trinajstić information content (AvgIpc) is 2.77. The van der Waals surface area contributed by atoms with Crippen LogP contribution in [0.2, 0.25) is 0 Å². The monoisotopic (exact) mass is 458 g/mol. The third-order valence-electron chi connectivity index (χ3n) is 5.31. The summed E-state index contributed by atoms with van der Waals surface area (Å²) in [5, 5.41) is 6.11. The van der Waals surface area contributed by atoms with Gasteiger partial charge in [-0.2, -0.15) is 0 Å². The first-order valence-corrected chi connectivity index (χ1v) is 12.3. The van der Waals surface area contributed by atoms with Crippen molar-refractivity contribution in [3.63, 3.8) is 0 Å². The Hall–Kier alpha value is -2.27. The molecule has 1 N–H and O–H groups in total. The molecular formula is C27H36F2N2S.